The van der Waals surface area contributed by atoms with E-state index in [0.29, 0.717) is 0 Å². The minimum Gasteiger partial charge on any atom is -0.545 e. The number of hydrogen-bond acceptors (Lipinski definition) is 2. The van der Waals surface area contributed by atoms with E-state index in [1.807, 2.05) is 0 Å². The SMILES string of the molecule is C=C(C)C(=O)[O-].[Ba+2]. The van der Waals surface area contributed by atoms with Crippen LogP contribution in [-0.2, 0) is 4.79 Å². The summed E-state index contributed by atoms with van der Waals surface area (Å²) < 4.78 is 0. The number of carboxylic acids is 1. The molecule has 0 unspecified atom stereocenters. The average molecular weight is 222 g/mol. The van der Waals surface area contributed by atoms with E-state index >= 15 is 0 Å². The fraction of sp³-hybridized carbons (Fsp3) is 0.250. The Morgan fingerprint density at radius 1 is 1.71 bits per heavy atom. The summed E-state index contributed by atoms with van der Waals surface area (Å²) in [5, 5.41) is 9.49. The van der Waals surface area contributed by atoms with Crippen molar-refractivity contribution in [2.45, 2.75) is 6.92 Å². The van der Waals surface area contributed by atoms with Gasteiger partial charge in [0.25, 0.3) is 0 Å². The maximum absolute atomic E-state index is 9.49. The van der Waals surface area contributed by atoms with Crippen LogP contribution in [-0.4, -0.2) is 54.9 Å². The molecule has 34 valence electrons. The van der Waals surface area contributed by atoms with Gasteiger partial charge >= 0.3 is 48.9 Å². The van der Waals surface area contributed by atoms with Gasteiger partial charge < -0.3 is 9.90 Å². The molecule has 0 saturated heterocycles. The molecule has 0 spiro atoms. The third-order valence-electron chi connectivity index (χ3n) is 0.348. The van der Waals surface area contributed by atoms with Crippen molar-refractivity contribution in [3.8, 4) is 0 Å². The van der Waals surface area contributed by atoms with Gasteiger partial charge in [-0.1, -0.05) is 6.58 Å². The van der Waals surface area contributed by atoms with Gasteiger partial charge in [-0.2, -0.15) is 0 Å². The summed E-state index contributed by atoms with van der Waals surface area (Å²) in [6.45, 7) is 4.48. The molecule has 0 aromatic carbocycles. The van der Waals surface area contributed by atoms with E-state index in [4.69, 9.17) is 0 Å². The number of carboxylic acid groups (broad SMARTS) is 1. The second-order valence-electron chi connectivity index (χ2n) is 1.07. The maximum atomic E-state index is 9.49. The van der Waals surface area contributed by atoms with Gasteiger partial charge in [-0.15, -0.1) is 0 Å². The van der Waals surface area contributed by atoms with Gasteiger partial charge in [-0.05, 0) is 12.5 Å². The first-order chi connectivity index (χ1) is 2.64. The Bertz CT molecular complexity index is 75.7. The minimum atomic E-state index is -1.19. The van der Waals surface area contributed by atoms with Crippen LogP contribution in [0.15, 0.2) is 12.2 Å². The van der Waals surface area contributed by atoms with Gasteiger partial charge in [0.2, 0.25) is 0 Å². The van der Waals surface area contributed by atoms with E-state index in [2.05, 4.69) is 6.58 Å². The zero-order chi connectivity index (χ0) is 5.15. The maximum Gasteiger partial charge on any atom is 2.00 e. The van der Waals surface area contributed by atoms with Crippen LogP contribution < -0.4 is 5.11 Å². The second kappa shape index (κ2) is 4.93. The molecular weight excluding hydrogens is 217 g/mol. The van der Waals surface area contributed by atoms with Crippen LogP contribution in [0.3, 0.4) is 0 Å². The molecule has 0 saturated carbocycles. The van der Waals surface area contributed by atoms with E-state index in [1.54, 1.807) is 0 Å². The second-order valence-corrected chi connectivity index (χ2v) is 1.07. The monoisotopic (exact) mass is 223 g/mol. The van der Waals surface area contributed by atoms with E-state index in [-0.39, 0.29) is 54.5 Å². The quantitative estimate of drug-likeness (QED) is 0.419. The number of hydrogen-bond donors (Lipinski definition) is 0. The Morgan fingerprint density at radius 2 is 1.86 bits per heavy atom. The van der Waals surface area contributed by atoms with Crippen LogP contribution in [0.5, 0.6) is 0 Å². The van der Waals surface area contributed by atoms with Gasteiger partial charge in [0.15, 0.2) is 0 Å². The first-order valence-corrected chi connectivity index (χ1v) is 1.51. The third-order valence-corrected chi connectivity index (χ3v) is 0.348. The summed E-state index contributed by atoms with van der Waals surface area (Å²) in [4.78, 5) is 9.49. The van der Waals surface area contributed by atoms with Crippen molar-refractivity contribution in [3.05, 3.63) is 12.2 Å². The Balaban J connectivity index is 0. The standard InChI is InChI=1S/C4H6O2.Ba/c1-3(2)4(5)6;/h1H2,2H3,(H,5,6);/q;+2/p-1. The van der Waals surface area contributed by atoms with Crippen molar-refractivity contribution < 1.29 is 9.90 Å². The van der Waals surface area contributed by atoms with Crippen molar-refractivity contribution in [2.75, 3.05) is 0 Å². The Labute approximate surface area is 82.7 Å². The van der Waals surface area contributed by atoms with Crippen molar-refractivity contribution in [3.63, 3.8) is 0 Å². The molecule has 0 rings (SSSR count). The molecule has 0 bridgehead atoms. The first-order valence-electron chi connectivity index (χ1n) is 1.51. The molecule has 0 aliphatic rings. The van der Waals surface area contributed by atoms with Crippen molar-refractivity contribution in [2.24, 2.45) is 0 Å². The molecule has 0 heterocycles. The number of carbonyl (C=O) groups is 1. The molecule has 0 fully saturated rings. The summed E-state index contributed by atoms with van der Waals surface area (Å²) in [7, 11) is 0. The first kappa shape index (κ1) is 10.7. The van der Waals surface area contributed by atoms with Crippen molar-refractivity contribution in [1.82, 2.24) is 0 Å². The van der Waals surface area contributed by atoms with Crippen molar-refractivity contribution >= 4 is 54.9 Å². The molecule has 7 heavy (non-hydrogen) atoms. The summed E-state index contributed by atoms with van der Waals surface area (Å²) in [6.07, 6.45) is 0. The van der Waals surface area contributed by atoms with Crippen LogP contribution in [0.2, 0.25) is 0 Å². The number of aliphatic carboxylic acids is 1. The van der Waals surface area contributed by atoms with Gasteiger partial charge in [-0.25, -0.2) is 0 Å². The molecule has 3 heteroatoms. The normalized spacial score (nSPS) is 6.43. The summed E-state index contributed by atoms with van der Waals surface area (Å²) >= 11 is 0. The largest absolute Gasteiger partial charge is 2.00 e. The zero-order valence-electron chi connectivity index (χ0n) is 4.23. The van der Waals surface area contributed by atoms with Gasteiger partial charge in [0, 0.05) is 0 Å². The fourth-order valence-corrected chi connectivity index (χ4v) is 0. The van der Waals surface area contributed by atoms with Gasteiger partial charge in [0.05, 0.1) is 5.97 Å². The minimum absolute atomic E-state index is 0. The van der Waals surface area contributed by atoms with Crippen molar-refractivity contribution in [1.29, 1.82) is 0 Å². The van der Waals surface area contributed by atoms with Crippen LogP contribution in [0, 0.1) is 0 Å². The number of rotatable bonds is 1. The molecule has 2 nitrogen and oxygen atoms in total. The summed E-state index contributed by atoms with van der Waals surface area (Å²) in [6, 6.07) is 0. The topological polar surface area (TPSA) is 40.1 Å². The number of carbonyl (C=O) groups excluding carboxylic acids is 1. The smallest absolute Gasteiger partial charge is 0.545 e. The van der Waals surface area contributed by atoms with Crippen LogP contribution >= 0.6 is 0 Å². The average Bonchev–Trinajstić information content (AvgIpc) is 1.36. The van der Waals surface area contributed by atoms with E-state index < -0.39 is 5.97 Å². The molecule has 0 radical (unpaired) electrons. The molecule has 0 aliphatic heterocycles. The molecule has 0 aliphatic carbocycles. The fourth-order valence-electron chi connectivity index (χ4n) is 0. The Morgan fingerprint density at radius 3 is 1.86 bits per heavy atom. The molecular formula is C4H5BaO2+. The zero-order valence-corrected chi connectivity index (χ0v) is 8.67. The van der Waals surface area contributed by atoms with E-state index in [0.717, 1.165) is 0 Å². The predicted octanol–water partition coefficient (Wildman–Crippen LogP) is -1.07. The summed E-state index contributed by atoms with van der Waals surface area (Å²) in [5.41, 5.74) is 0.0648. The molecule has 0 atom stereocenters. The summed E-state index contributed by atoms with van der Waals surface area (Å²) in [5.74, 6) is -1.19. The Kier molecular flexibility index (Phi) is 7.54. The molecule has 0 amide bonds. The van der Waals surface area contributed by atoms with Gasteiger partial charge in [0.1, 0.15) is 0 Å². The van der Waals surface area contributed by atoms with Gasteiger partial charge in [-0.3, -0.25) is 0 Å². The van der Waals surface area contributed by atoms with Crippen LogP contribution in [0.25, 0.3) is 0 Å². The van der Waals surface area contributed by atoms with E-state index in [9.17, 15) is 9.90 Å². The third kappa shape index (κ3) is 6.78. The molecule has 0 aromatic heterocycles. The van der Waals surface area contributed by atoms with Crippen LogP contribution in [0.1, 0.15) is 6.92 Å². The molecule has 0 aromatic rings. The predicted molar refractivity (Wildman–Crippen MR) is 25.6 cm³/mol. The Hall–Kier alpha value is 0.781. The van der Waals surface area contributed by atoms with E-state index in [1.165, 1.54) is 6.92 Å². The molecule has 0 N–H and O–H groups in total. The van der Waals surface area contributed by atoms with Crippen LogP contribution in [0.4, 0.5) is 0 Å².